The molecule has 1 aromatic rings. The molecule has 1 amide bonds. The van der Waals surface area contributed by atoms with E-state index in [2.05, 4.69) is 31.8 Å². The number of hydrogen-bond acceptors (Lipinski definition) is 2. The monoisotopic (exact) mass is 251 g/mol. The molecule has 0 heterocycles. The Bertz CT molecular complexity index is 386. The summed E-state index contributed by atoms with van der Waals surface area (Å²) >= 11 is 4.26. The van der Waals surface area contributed by atoms with Crippen LogP contribution in [0.5, 0.6) is 0 Å². The smallest absolute Gasteiger partial charge is 0.251 e. The van der Waals surface area contributed by atoms with Crippen LogP contribution in [-0.4, -0.2) is 12.5 Å². The van der Waals surface area contributed by atoms with E-state index in [-0.39, 0.29) is 5.91 Å². The van der Waals surface area contributed by atoms with Crippen LogP contribution in [0.25, 0.3) is 0 Å². The van der Waals surface area contributed by atoms with Gasteiger partial charge in [0, 0.05) is 17.0 Å². The van der Waals surface area contributed by atoms with Gasteiger partial charge in [0.15, 0.2) is 0 Å². The van der Waals surface area contributed by atoms with Crippen LogP contribution in [0.2, 0.25) is 0 Å². The lowest BCUT2D eigenvalue weighted by Crippen LogP contribution is -2.29. The molecule has 1 N–H and O–H groups in total. The van der Waals surface area contributed by atoms with Gasteiger partial charge in [-0.15, -0.1) is 12.6 Å². The summed E-state index contributed by atoms with van der Waals surface area (Å²) in [5.74, 6) is 0.573. The minimum absolute atomic E-state index is 0.00491. The second-order valence-electron chi connectivity index (χ2n) is 4.39. The van der Waals surface area contributed by atoms with E-state index in [1.54, 1.807) is 0 Å². The Morgan fingerprint density at radius 1 is 1.35 bits per heavy atom. The third-order valence-electron chi connectivity index (χ3n) is 3.17. The van der Waals surface area contributed by atoms with E-state index >= 15 is 0 Å². The number of amides is 1. The van der Waals surface area contributed by atoms with Gasteiger partial charge in [-0.05, 0) is 30.5 Å². The van der Waals surface area contributed by atoms with Crippen LogP contribution in [0, 0.1) is 12.8 Å². The third-order valence-corrected chi connectivity index (χ3v) is 3.45. The summed E-state index contributed by atoms with van der Waals surface area (Å²) in [6.45, 7) is 7.00. The van der Waals surface area contributed by atoms with Crippen LogP contribution in [0.15, 0.2) is 23.1 Å². The van der Waals surface area contributed by atoms with Gasteiger partial charge in [-0.1, -0.05) is 32.8 Å². The van der Waals surface area contributed by atoms with Crippen molar-refractivity contribution in [1.82, 2.24) is 5.32 Å². The zero-order valence-electron chi connectivity index (χ0n) is 10.8. The maximum atomic E-state index is 12.0. The van der Waals surface area contributed by atoms with Crippen molar-refractivity contribution in [3.8, 4) is 0 Å². The average Bonchev–Trinajstić information content (AvgIpc) is 2.33. The zero-order valence-corrected chi connectivity index (χ0v) is 11.7. The maximum absolute atomic E-state index is 12.0. The van der Waals surface area contributed by atoms with E-state index in [4.69, 9.17) is 0 Å². The first-order valence-electron chi connectivity index (χ1n) is 6.16. The van der Waals surface area contributed by atoms with Crippen molar-refractivity contribution in [2.24, 2.45) is 5.92 Å². The fourth-order valence-corrected chi connectivity index (χ4v) is 1.97. The van der Waals surface area contributed by atoms with Gasteiger partial charge >= 0.3 is 0 Å². The molecule has 2 nitrogen and oxygen atoms in total. The second kappa shape index (κ2) is 6.70. The van der Waals surface area contributed by atoms with Crippen molar-refractivity contribution < 1.29 is 4.79 Å². The standard InChI is InChI=1S/C14H21NOS/c1-4-11(5-2)9-15-14(16)13-8-12(17)7-6-10(13)3/h6-8,11,17H,4-5,9H2,1-3H3,(H,15,16). The van der Waals surface area contributed by atoms with Gasteiger partial charge in [0.1, 0.15) is 0 Å². The van der Waals surface area contributed by atoms with Crippen molar-refractivity contribution in [2.45, 2.75) is 38.5 Å². The highest BCUT2D eigenvalue weighted by Gasteiger charge is 2.11. The molecule has 0 aliphatic rings. The Labute approximate surface area is 109 Å². The summed E-state index contributed by atoms with van der Waals surface area (Å²) in [6.07, 6.45) is 2.20. The molecule has 0 fully saturated rings. The van der Waals surface area contributed by atoms with Gasteiger partial charge in [0.2, 0.25) is 0 Å². The number of rotatable bonds is 5. The SMILES string of the molecule is CCC(CC)CNC(=O)c1cc(S)ccc1C. The molecule has 0 radical (unpaired) electrons. The molecule has 3 heteroatoms. The maximum Gasteiger partial charge on any atom is 0.251 e. The Balaban J connectivity index is 2.66. The number of nitrogens with one attached hydrogen (secondary N) is 1. The molecule has 0 atom stereocenters. The van der Waals surface area contributed by atoms with Crippen molar-refractivity contribution in [2.75, 3.05) is 6.54 Å². The molecule has 0 aliphatic carbocycles. The highest BCUT2D eigenvalue weighted by Crippen LogP contribution is 2.14. The molecule has 0 aromatic heterocycles. The van der Waals surface area contributed by atoms with Crippen molar-refractivity contribution in [3.05, 3.63) is 29.3 Å². The molecule has 0 spiro atoms. The van der Waals surface area contributed by atoms with E-state index < -0.39 is 0 Å². The highest BCUT2D eigenvalue weighted by molar-refractivity contribution is 7.80. The summed E-state index contributed by atoms with van der Waals surface area (Å²) in [4.78, 5) is 12.8. The van der Waals surface area contributed by atoms with Crippen LogP contribution in [0.3, 0.4) is 0 Å². The van der Waals surface area contributed by atoms with Gasteiger partial charge in [-0.3, -0.25) is 4.79 Å². The Hall–Kier alpha value is -0.960. The van der Waals surface area contributed by atoms with Crippen molar-refractivity contribution in [1.29, 1.82) is 0 Å². The minimum atomic E-state index is 0.00491. The molecule has 1 rings (SSSR count). The number of aryl methyl sites for hydroxylation is 1. The quantitative estimate of drug-likeness (QED) is 0.771. The molecule has 0 saturated carbocycles. The summed E-state index contributed by atoms with van der Waals surface area (Å²) < 4.78 is 0. The normalized spacial score (nSPS) is 10.6. The van der Waals surface area contributed by atoms with E-state index in [0.29, 0.717) is 5.92 Å². The molecule has 17 heavy (non-hydrogen) atoms. The molecule has 0 bridgehead atoms. The zero-order chi connectivity index (χ0) is 12.8. The predicted molar refractivity (Wildman–Crippen MR) is 74.8 cm³/mol. The van der Waals surface area contributed by atoms with Crippen LogP contribution in [-0.2, 0) is 0 Å². The largest absolute Gasteiger partial charge is 0.352 e. The molecular formula is C14H21NOS. The van der Waals surface area contributed by atoms with Crippen molar-refractivity contribution >= 4 is 18.5 Å². The van der Waals surface area contributed by atoms with Crippen LogP contribution >= 0.6 is 12.6 Å². The number of carbonyl (C=O) groups excluding carboxylic acids is 1. The van der Waals surface area contributed by atoms with E-state index in [0.717, 1.165) is 35.4 Å². The van der Waals surface area contributed by atoms with Crippen LogP contribution < -0.4 is 5.32 Å². The summed E-state index contributed by atoms with van der Waals surface area (Å²) in [7, 11) is 0. The van der Waals surface area contributed by atoms with Gasteiger partial charge < -0.3 is 5.32 Å². The average molecular weight is 251 g/mol. The molecule has 0 aliphatic heterocycles. The fourth-order valence-electron chi connectivity index (χ4n) is 1.76. The molecule has 0 saturated heterocycles. The molecule has 1 aromatic carbocycles. The Morgan fingerprint density at radius 3 is 2.59 bits per heavy atom. The third kappa shape index (κ3) is 4.08. The number of carbonyl (C=O) groups is 1. The van der Waals surface area contributed by atoms with Gasteiger partial charge in [-0.25, -0.2) is 0 Å². The van der Waals surface area contributed by atoms with E-state index in [1.165, 1.54) is 0 Å². The second-order valence-corrected chi connectivity index (χ2v) is 4.91. The lowest BCUT2D eigenvalue weighted by Gasteiger charge is -2.14. The van der Waals surface area contributed by atoms with Gasteiger partial charge in [0.25, 0.3) is 5.91 Å². The summed E-state index contributed by atoms with van der Waals surface area (Å²) in [5.41, 5.74) is 1.72. The van der Waals surface area contributed by atoms with Gasteiger partial charge in [0.05, 0.1) is 0 Å². The van der Waals surface area contributed by atoms with Crippen molar-refractivity contribution in [3.63, 3.8) is 0 Å². The van der Waals surface area contributed by atoms with E-state index in [1.807, 2.05) is 25.1 Å². The van der Waals surface area contributed by atoms with Crippen LogP contribution in [0.1, 0.15) is 42.6 Å². The minimum Gasteiger partial charge on any atom is -0.352 e. The molecular weight excluding hydrogens is 230 g/mol. The predicted octanol–water partition coefficient (Wildman–Crippen LogP) is 3.45. The molecule has 0 unspecified atom stereocenters. The lowest BCUT2D eigenvalue weighted by molar-refractivity contribution is 0.0945. The Kier molecular flexibility index (Phi) is 5.56. The highest BCUT2D eigenvalue weighted by atomic mass is 32.1. The summed E-state index contributed by atoms with van der Waals surface area (Å²) in [6, 6.07) is 5.64. The summed E-state index contributed by atoms with van der Waals surface area (Å²) in [5, 5.41) is 3.00. The number of hydrogen-bond donors (Lipinski definition) is 2. The van der Waals surface area contributed by atoms with Crippen LogP contribution in [0.4, 0.5) is 0 Å². The van der Waals surface area contributed by atoms with Gasteiger partial charge in [-0.2, -0.15) is 0 Å². The molecule has 94 valence electrons. The number of thiol groups is 1. The first-order valence-corrected chi connectivity index (χ1v) is 6.61. The lowest BCUT2D eigenvalue weighted by atomic mass is 10.0. The topological polar surface area (TPSA) is 29.1 Å². The van der Waals surface area contributed by atoms with E-state index in [9.17, 15) is 4.79 Å². The fraction of sp³-hybridized carbons (Fsp3) is 0.500. The first-order chi connectivity index (χ1) is 8.08. The number of benzene rings is 1. The Morgan fingerprint density at radius 2 is 2.00 bits per heavy atom. The first kappa shape index (κ1) is 14.1.